The molecule has 2 nitrogen and oxygen atoms in total. The molecule has 4 aliphatic carbocycles. The van der Waals surface area contributed by atoms with Crippen molar-refractivity contribution in [1.29, 1.82) is 0 Å². The van der Waals surface area contributed by atoms with Crippen molar-refractivity contribution in [3.8, 4) is 18.0 Å². The first-order chi connectivity index (χ1) is 15.3. The maximum absolute atomic E-state index is 15.7. The van der Waals surface area contributed by atoms with Gasteiger partial charge in [-0.05, 0) is 104 Å². The lowest BCUT2D eigenvalue weighted by atomic mass is 9.46. The van der Waals surface area contributed by atoms with E-state index in [1.807, 2.05) is 10.9 Å². The van der Waals surface area contributed by atoms with Gasteiger partial charge in [-0.25, -0.2) is 13.5 Å². The molecular formula is C28H30F2N2. The van der Waals surface area contributed by atoms with E-state index < -0.39 is 5.67 Å². The fourth-order valence-electron chi connectivity index (χ4n) is 8.06. The van der Waals surface area contributed by atoms with Gasteiger partial charge in [0.1, 0.15) is 5.82 Å². The predicted molar refractivity (Wildman–Crippen MR) is 122 cm³/mol. The fourth-order valence-corrected chi connectivity index (χ4v) is 8.06. The van der Waals surface area contributed by atoms with Crippen LogP contribution in [0.3, 0.4) is 0 Å². The molecule has 0 unspecified atom stereocenters. The van der Waals surface area contributed by atoms with Gasteiger partial charge in [0.2, 0.25) is 0 Å². The molecule has 6 rings (SSSR count). The van der Waals surface area contributed by atoms with Crippen molar-refractivity contribution >= 4 is 6.08 Å². The average molecular weight is 433 g/mol. The highest BCUT2D eigenvalue weighted by molar-refractivity contribution is 5.61. The molecule has 4 aliphatic rings. The quantitative estimate of drug-likeness (QED) is 0.468. The molecule has 6 atom stereocenters. The molecule has 1 heterocycles. The number of terminal acetylenes is 1. The lowest BCUT2D eigenvalue weighted by Crippen LogP contribution is -2.53. The van der Waals surface area contributed by atoms with Crippen LogP contribution >= 0.6 is 0 Å². The summed E-state index contributed by atoms with van der Waals surface area (Å²) in [6.45, 7) is 4.55. The highest BCUT2D eigenvalue weighted by Crippen LogP contribution is 2.68. The van der Waals surface area contributed by atoms with E-state index in [-0.39, 0.29) is 16.6 Å². The molecule has 4 heteroatoms. The minimum absolute atomic E-state index is 0.0889. The second kappa shape index (κ2) is 6.56. The third kappa shape index (κ3) is 2.49. The molecule has 0 bridgehead atoms. The topological polar surface area (TPSA) is 17.8 Å². The molecule has 0 N–H and O–H groups in total. The molecule has 1 aromatic heterocycles. The van der Waals surface area contributed by atoms with Gasteiger partial charge in [-0.2, -0.15) is 5.10 Å². The zero-order valence-corrected chi connectivity index (χ0v) is 18.9. The summed E-state index contributed by atoms with van der Waals surface area (Å²) in [5.41, 5.74) is 3.02. The molecule has 0 radical (unpaired) electrons. The molecular weight excluding hydrogens is 402 g/mol. The highest BCUT2D eigenvalue weighted by Gasteiger charge is 2.64. The largest absolute Gasteiger partial charge is 0.233 e. The van der Waals surface area contributed by atoms with E-state index in [1.165, 1.54) is 23.3 Å². The second-order valence-corrected chi connectivity index (χ2v) is 11.1. The summed E-state index contributed by atoms with van der Waals surface area (Å²) in [6, 6.07) is 6.53. The third-order valence-corrected chi connectivity index (χ3v) is 9.89. The summed E-state index contributed by atoms with van der Waals surface area (Å²) in [4.78, 5) is 0. The van der Waals surface area contributed by atoms with Gasteiger partial charge in [0.05, 0.1) is 17.6 Å². The standard InChI is InChI=1S/C28H30F2N2/c1-4-28(30)14-12-24-22-10-5-19-15-25-18(16-26(19,2)23(22)11-13-27(24,28)3)17-31-32(25)21-8-6-20(29)7-9-21/h1,6-9,15,17,22-24H,5,10-14,16H2,2-3H3/t22-,23+,24+,26+,27+,28+/m1/s1. The van der Waals surface area contributed by atoms with Crippen LogP contribution in [0.15, 0.2) is 36.0 Å². The van der Waals surface area contributed by atoms with Crippen molar-refractivity contribution in [2.75, 3.05) is 0 Å². The van der Waals surface area contributed by atoms with Crippen molar-refractivity contribution < 1.29 is 8.78 Å². The van der Waals surface area contributed by atoms with Gasteiger partial charge in [0, 0.05) is 5.41 Å². The molecule has 0 aliphatic heterocycles. The Kier molecular flexibility index (Phi) is 4.15. The summed E-state index contributed by atoms with van der Waals surface area (Å²) in [5, 5.41) is 4.66. The predicted octanol–water partition coefficient (Wildman–Crippen LogP) is 6.54. The summed E-state index contributed by atoms with van der Waals surface area (Å²) in [6.07, 6.45) is 16.5. The number of hydrogen-bond donors (Lipinski definition) is 0. The van der Waals surface area contributed by atoms with Gasteiger partial charge in [0.15, 0.2) is 5.67 Å². The first-order valence-electron chi connectivity index (χ1n) is 12.0. The average Bonchev–Trinajstić information content (AvgIpc) is 3.30. The summed E-state index contributed by atoms with van der Waals surface area (Å²) < 4.78 is 31.0. The Morgan fingerprint density at radius 1 is 1.09 bits per heavy atom. The number of alkyl halides is 1. The lowest BCUT2D eigenvalue weighted by Gasteiger charge is -2.58. The van der Waals surface area contributed by atoms with Crippen molar-refractivity contribution in [3.63, 3.8) is 0 Å². The Bertz CT molecular complexity index is 1160. The lowest BCUT2D eigenvalue weighted by molar-refractivity contribution is -0.0693. The van der Waals surface area contributed by atoms with Crippen LogP contribution in [0.4, 0.5) is 8.78 Å². The molecule has 1 aromatic carbocycles. The summed E-state index contributed by atoms with van der Waals surface area (Å²) in [5.74, 6) is 3.80. The Labute approximate surface area is 189 Å². The maximum Gasteiger partial charge on any atom is 0.176 e. The Morgan fingerprint density at radius 2 is 1.84 bits per heavy atom. The molecule has 0 saturated heterocycles. The van der Waals surface area contributed by atoms with E-state index in [1.54, 1.807) is 12.1 Å². The number of hydrogen-bond acceptors (Lipinski definition) is 1. The number of aromatic nitrogens is 2. The zero-order valence-electron chi connectivity index (χ0n) is 18.9. The Morgan fingerprint density at radius 3 is 2.59 bits per heavy atom. The first-order valence-corrected chi connectivity index (χ1v) is 12.0. The van der Waals surface area contributed by atoms with Crippen LogP contribution in [0.2, 0.25) is 0 Å². The van der Waals surface area contributed by atoms with Gasteiger partial charge >= 0.3 is 0 Å². The molecule has 32 heavy (non-hydrogen) atoms. The van der Waals surface area contributed by atoms with Crippen LogP contribution in [0.25, 0.3) is 11.8 Å². The minimum atomic E-state index is -1.45. The van der Waals surface area contributed by atoms with E-state index in [0.717, 1.165) is 49.9 Å². The number of allylic oxidation sites excluding steroid dienone is 1. The van der Waals surface area contributed by atoms with Crippen LogP contribution in [0, 0.1) is 46.7 Å². The minimum Gasteiger partial charge on any atom is -0.233 e. The van der Waals surface area contributed by atoms with Gasteiger partial charge in [-0.1, -0.05) is 25.3 Å². The van der Waals surface area contributed by atoms with Gasteiger partial charge in [-0.3, -0.25) is 0 Å². The summed E-state index contributed by atoms with van der Waals surface area (Å²) >= 11 is 0. The maximum atomic E-state index is 15.7. The van der Waals surface area contributed by atoms with E-state index in [0.29, 0.717) is 24.2 Å². The first kappa shape index (κ1) is 20.2. The van der Waals surface area contributed by atoms with Crippen molar-refractivity contribution in [1.82, 2.24) is 9.78 Å². The van der Waals surface area contributed by atoms with Crippen molar-refractivity contribution in [2.45, 2.75) is 64.5 Å². The number of rotatable bonds is 1. The smallest absolute Gasteiger partial charge is 0.176 e. The van der Waals surface area contributed by atoms with E-state index in [2.05, 4.69) is 30.9 Å². The number of benzene rings is 1. The molecule has 3 saturated carbocycles. The molecule has 0 amide bonds. The Balaban J connectivity index is 1.36. The Hall–Kier alpha value is -2.41. The molecule has 3 fully saturated rings. The van der Waals surface area contributed by atoms with Gasteiger partial charge < -0.3 is 0 Å². The van der Waals surface area contributed by atoms with Gasteiger partial charge in [0.25, 0.3) is 0 Å². The van der Waals surface area contributed by atoms with Crippen LogP contribution in [0.5, 0.6) is 0 Å². The van der Waals surface area contributed by atoms with Crippen molar-refractivity contribution in [3.05, 3.63) is 53.1 Å². The van der Waals surface area contributed by atoms with Crippen LogP contribution in [0.1, 0.15) is 63.6 Å². The third-order valence-electron chi connectivity index (χ3n) is 9.89. The highest BCUT2D eigenvalue weighted by atomic mass is 19.1. The fraction of sp³-hybridized carbons (Fsp3) is 0.536. The monoisotopic (exact) mass is 432 g/mol. The molecule has 0 spiro atoms. The summed E-state index contributed by atoms with van der Waals surface area (Å²) in [7, 11) is 0. The van der Waals surface area contributed by atoms with Crippen molar-refractivity contribution in [2.24, 2.45) is 28.6 Å². The van der Waals surface area contributed by atoms with Gasteiger partial charge in [-0.15, -0.1) is 6.42 Å². The SMILES string of the molecule is C#C[C@]1(F)CC[C@H]2[C@@H]3CCC4=Cc5c(cnn5-c5ccc(F)cc5)C[C@]4(C)[C@H]3CC[C@@]21C. The molecule has 166 valence electrons. The number of fused-ring (bicyclic) bond motifs is 6. The van der Waals surface area contributed by atoms with Crippen LogP contribution < -0.4 is 0 Å². The van der Waals surface area contributed by atoms with E-state index >= 15 is 4.39 Å². The normalized spacial score (nSPS) is 39.8. The zero-order chi connectivity index (χ0) is 22.3. The van der Waals surface area contributed by atoms with E-state index in [4.69, 9.17) is 6.42 Å². The van der Waals surface area contributed by atoms with Crippen LogP contribution in [-0.2, 0) is 6.42 Å². The second-order valence-electron chi connectivity index (χ2n) is 11.1. The van der Waals surface area contributed by atoms with E-state index in [9.17, 15) is 4.39 Å². The van der Waals surface area contributed by atoms with Crippen LogP contribution in [-0.4, -0.2) is 15.4 Å². The number of nitrogens with zero attached hydrogens (tertiary/aromatic N) is 2. The molecule has 2 aromatic rings. The number of halogens is 2.